The Bertz CT molecular complexity index is 1250. The van der Waals surface area contributed by atoms with Crippen molar-refractivity contribution in [2.24, 2.45) is 0 Å². The van der Waals surface area contributed by atoms with Gasteiger partial charge in [-0.25, -0.2) is 23.1 Å². The van der Waals surface area contributed by atoms with E-state index in [2.05, 4.69) is 21.2 Å². The van der Waals surface area contributed by atoms with Crippen molar-refractivity contribution in [3.63, 3.8) is 0 Å². The number of para-hydroxylation sites is 1. The number of hydrogen-bond acceptors (Lipinski definition) is 6. The molecule has 3 aromatic heterocycles. The topological polar surface area (TPSA) is 103 Å². The molecule has 0 bridgehead atoms. The molecule has 152 valence electrons. The Morgan fingerprint density at radius 1 is 1.17 bits per heavy atom. The fraction of sp³-hybridized carbons (Fsp3) is 0.300. The summed E-state index contributed by atoms with van der Waals surface area (Å²) in [6.07, 6.45) is 2.84. The number of imidazole rings is 1. The van der Waals surface area contributed by atoms with Crippen LogP contribution in [0.4, 0.5) is 5.82 Å². The van der Waals surface area contributed by atoms with Crippen molar-refractivity contribution < 1.29 is 8.42 Å². The minimum Gasteiger partial charge on any atom is -0.382 e. The van der Waals surface area contributed by atoms with Crippen LogP contribution in [0.5, 0.6) is 0 Å². The van der Waals surface area contributed by atoms with Crippen LogP contribution in [-0.2, 0) is 23.0 Å². The molecular weight excluding hydrogens is 406 g/mol. The summed E-state index contributed by atoms with van der Waals surface area (Å²) in [6, 6.07) is 11.1. The summed E-state index contributed by atoms with van der Waals surface area (Å²) >= 11 is 1.20. The first-order valence-corrected chi connectivity index (χ1v) is 11.9. The van der Waals surface area contributed by atoms with E-state index in [4.69, 9.17) is 10.7 Å². The molecule has 0 radical (unpaired) electrons. The summed E-state index contributed by atoms with van der Waals surface area (Å²) in [5.74, 6) is 1.30. The fourth-order valence-corrected chi connectivity index (χ4v) is 5.51. The van der Waals surface area contributed by atoms with Crippen molar-refractivity contribution in [3.8, 4) is 0 Å². The average molecular weight is 430 g/mol. The second-order valence-electron chi connectivity index (χ2n) is 6.82. The van der Waals surface area contributed by atoms with E-state index in [0.29, 0.717) is 22.1 Å². The molecule has 0 unspecified atom stereocenters. The molecule has 4 aromatic rings. The van der Waals surface area contributed by atoms with Crippen molar-refractivity contribution in [1.29, 1.82) is 0 Å². The molecule has 1 aromatic carbocycles. The van der Waals surface area contributed by atoms with E-state index in [9.17, 15) is 8.42 Å². The number of rotatable bonds is 8. The molecule has 9 heteroatoms. The van der Waals surface area contributed by atoms with Gasteiger partial charge in [-0.1, -0.05) is 37.6 Å². The summed E-state index contributed by atoms with van der Waals surface area (Å²) in [4.78, 5) is 9.25. The fourth-order valence-electron chi connectivity index (χ4n) is 3.45. The number of hydrogen-bond donors (Lipinski definition) is 2. The highest BCUT2D eigenvalue weighted by atomic mass is 32.2. The summed E-state index contributed by atoms with van der Waals surface area (Å²) in [5.41, 5.74) is 8.59. The predicted molar refractivity (Wildman–Crippen MR) is 118 cm³/mol. The molecule has 0 aliphatic heterocycles. The van der Waals surface area contributed by atoms with Crippen LogP contribution in [-0.4, -0.2) is 29.5 Å². The molecule has 3 heterocycles. The van der Waals surface area contributed by atoms with Crippen LogP contribution in [0.15, 0.2) is 46.0 Å². The third-order valence-electron chi connectivity index (χ3n) is 4.83. The molecule has 0 atom stereocenters. The molecule has 0 spiro atoms. The molecule has 0 saturated carbocycles. The van der Waals surface area contributed by atoms with Crippen molar-refractivity contribution in [3.05, 3.63) is 47.6 Å². The number of thiophene rings is 1. The predicted octanol–water partition coefficient (Wildman–Crippen LogP) is 3.55. The van der Waals surface area contributed by atoms with Gasteiger partial charge in [0.1, 0.15) is 15.6 Å². The monoisotopic (exact) mass is 429 g/mol. The van der Waals surface area contributed by atoms with E-state index in [-0.39, 0.29) is 6.54 Å². The zero-order chi connectivity index (χ0) is 20.4. The van der Waals surface area contributed by atoms with E-state index in [1.807, 2.05) is 24.3 Å². The third-order valence-corrected chi connectivity index (χ3v) is 7.69. The number of nitrogens with one attached hydrogen (secondary N) is 1. The molecule has 0 aliphatic carbocycles. The zero-order valence-corrected chi connectivity index (χ0v) is 17.8. The normalized spacial score (nSPS) is 12.2. The quantitative estimate of drug-likeness (QED) is 0.446. The van der Waals surface area contributed by atoms with Gasteiger partial charge in [0.05, 0.1) is 11.0 Å². The van der Waals surface area contributed by atoms with Gasteiger partial charge in [-0.05, 0) is 23.9 Å². The van der Waals surface area contributed by atoms with E-state index in [1.165, 1.54) is 11.3 Å². The number of anilines is 1. The van der Waals surface area contributed by atoms with Gasteiger partial charge in [-0.15, -0.1) is 11.3 Å². The number of unbranched alkanes of at least 4 members (excludes halogenated alkanes) is 1. The standard InChI is InChI=1S/C20H23N5O2S2/c1-2-3-9-16-24-18-19(14-7-4-5-8-15(14)23-20(18)21)25(16)12-11-22-29(26,27)17-10-6-13-28-17/h4-8,10,13,22H,2-3,9,11-12H2,1H3,(H2,21,23). The molecule has 4 rings (SSSR count). The Labute approximate surface area is 173 Å². The summed E-state index contributed by atoms with van der Waals surface area (Å²) < 4.78 is 30.0. The van der Waals surface area contributed by atoms with Gasteiger partial charge < -0.3 is 10.3 Å². The lowest BCUT2D eigenvalue weighted by Crippen LogP contribution is -2.27. The van der Waals surface area contributed by atoms with Crippen LogP contribution >= 0.6 is 11.3 Å². The number of sulfonamides is 1. The maximum atomic E-state index is 12.5. The third kappa shape index (κ3) is 3.85. The number of nitrogens with two attached hydrogens (primary N) is 1. The highest BCUT2D eigenvalue weighted by Gasteiger charge is 2.18. The van der Waals surface area contributed by atoms with Gasteiger partial charge in [-0.2, -0.15) is 0 Å². The van der Waals surface area contributed by atoms with Gasteiger partial charge in [0.2, 0.25) is 10.0 Å². The number of nitrogen functional groups attached to an aromatic ring is 1. The highest BCUT2D eigenvalue weighted by Crippen LogP contribution is 2.29. The molecule has 7 nitrogen and oxygen atoms in total. The number of fused-ring (bicyclic) bond motifs is 3. The first kappa shape index (κ1) is 19.8. The van der Waals surface area contributed by atoms with Gasteiger partial charge in [0, 0.05) is 24.9 Å². The van der Waals surface area contributed by atoms with Crippen LogP contribution in [0.3, 0.4) is 0 Å². The average Bonchev–Trinajstić information content (AvgIpc) is 3.36. The molecule has 0 fully saturated rings. The second-order valence-corrected chi connectivity index (χ2v) is 9.77. The lowest BCUT2D eigenvalue weighted by atomic mass is 10.2. The Kier molecular flexibility index (Phi) is 5.53. The van der Waals surface area contributed by atoms with Crippen LogP contribution in [0.2, 0.25) is 0 Å². The van der Waals surface area contributed by atoms with Crippen molar-refractivity contribution in [2.45, 2.75) is 36.9 Å². The number of pyridine rings is 1. The van der Waals surface area contributed by atoms with Gasteiger partial charge in [0.25, 0.3) is 0 Å². The second kappa shape index (κ2) is 8.10. The van der Waals surface area contributed by atoms with E-state index in [1.54, 1.807) is 17.5 Å². The lowest BCUT2D eigenvalue weighted by Gasteiger charge is -2.11. The number of aromatic nitrogens is 3. The summed E-state index contributed by atoms with van der Waals surface area (Å²) in [5, 5.41) is 2.72. The van der Waals surface area contributed by atoms with E-state index in [0.717, 1.165) is 41.5 Å². The van der Waals surface area contributed by atoms with E-state index >= 15 is 0 Å². The highest BCUT2D eigenvalue weighted by molar-refractivity contribution is 7.91. The zero-order valence-electron chi connectivity index (χ0n) is 16.1. The van der Waals surface area contributed by atoms with Crippen molar-refractivity contribution in [2.75, 3.05) is 12.3 Å². The van der Waals surface area contributed by atoms with Crippen LogP contribution in [0.25, 0.3) is 21.9 Å². The maximum absolute atomic E-state index is 12.5. The number of aryl methyl sites for hydroxylation is 1. The molecule has 0 aliphatic rings. The minimum atomic E-state index is -3.51. The first-order valence-electron chi connectivity index (χ1n) is 9.57. The summed E-state index contributed by atoms with van der Waals surface area (Å²) in [6.45, 7) is 2.86. The molecule has 0 amide bonds. The Balaban J connectivity index is 1.73. The first-order chi connectivity index (χ1) is 14.0. The molecule has 0 saturated heterocycles. The van der Waals surface area contributed by atoms with Crippen molar-refractivity contribution >= 4 is 49.1 Å². The van der Waals surface area contributed by atoms with Gasteiger partial charge in [-0.3, -0.25) is 0 Å². The maximum Gasteiger partial charge on any atom is 0.250 e. The lowest BCUT2D eigenvalue weighted by molar-refractivity contribution is 0.572. The van der Waals surface area contributed by atoms with Crippen molar-refractivity contribution in [1.82, 2.24) is 19.3 Å². The Hall–Kier alpha value is -2.49. The molecule has 29 heavy (non-hydrogen) atoms. The van der Waals surface area contributed by atoms with E-state index < -0.39 is 10.0 Å². The van der Waals surface area contributed by atoms with Crippen LogP contribution in [0, 0.1) is 0 Å². The SMILES string of the molecule is CCCCc1nc2c(N)nc3ccccc3c2n1CCNS(=O)(=O)c1cccs1. The Morgan fingerprint density at radius 2 is 2.00 bits per heavy atom. The van der Waals surface area contributed by atoms with Crippen LogP contribution < -0.4 is 10.5 Å². The number of nitrogens with zero attached hydrogens (tertiary/aromatic N) is 3. The molecule has 3 N–H and O–H groups in total. The molecular formula is C20H23N5O2S2. The van der Waals surface area contributed by atoms with Gasteiger partial charge >= 0.3 is 0 Å². The summed E-state index contributed by atoms with van der Waals surface area (Å²) in [7, 11) is -3.51. The van der Waals surface area contributed by atoms with Crippen LogP contribution in [0.1, 0.15) is 25.6 Å². The largest absolute Gasteiger partial charge is 0.382 e. The van der Waals surface area contributed by atoms with Gasteiger partial charge in [0.15, 0.2) is 5.82 Å². The minimum absolute atomic E-state index is 0.265. The smallest absolute Gasteiger partial charge is 0.250 e. The Morgan fingerprint density at radius 3 is 2.76 bits per heavy atom. The number of benzene rings is 1.